The minimum atomic E-state index is -3.21. The monoisotopic (exact) mass is 271 g/mol. The maximum Gasteiger partial charge on any atom is 0.212 e. The van der Waals surface area contributed by atoms with E-state index < -0.39 is 10.0 Å². The number of rotatable bonds is 8. The second-order valence-corrected chi connectivity index (χ2v) is 6.32. The number of hydrogen-bond acceptors (Lipinski definition) is 4. The van der Waals surface area contributed by atoms with Gasteiger partial charge in [-0.05, 0) is 12.1 Å². The molecule has 1 rings (SSSR count). The smallest absolute Gasteiger partial charge is 0.212 e. The van der Waals surface area contributed by atoms with E-state index in [9.17, 15) is 8.42 Å². The van der Waals surface area contributed by atoms with Crippen molar-refractivity contribution < 1.29 is 8.42 Å². The van der Waals surface area contributed by atoms with Crippen LogP contribution in [0.15, 0.2) is 24.4 Å². The minimum absolute atomic E-state index is 0.0751. The minimum Gasteiger partial charge on any atom is -0.313 e. The largest absolute Gasteiger partial charge is 0.313 e. The molecule has 102 valence electrons. The van der Waals surface area contributed by atoms with Gasteiger partial charge in [0, 0.05) is 37.4 Å². The molecule has 0 aliphatic heterocycles. The van der Waals surface area contributed by atoms with Crippen molar-refractivity contribution in [1.82, 2.24) is 15.0 Å². The van der Waals surface area contributed by atoms with Gasteiger partial charge in [-0.3, -0.25) is 4.98 Å². The number of pyridine rings is 1. The molecule has 0 spiro atoms. The zero-order chi connectivity index (χ0) is 13.4. The maximum absolute atomic E-state index is 11.7. The molecule has 1 heterocycles. The second kappa shape index (κ2) is 7.45. The van der Waals surface area contributed by atoms with Crippen molar-refractivity contribution in [2.45, 2.75) is 26.3 Å². The summed E-state index contributed by atoms with van der Waals surface area (Å²) in [4.78, 5) is 4.10. The lowest BCUT2D eigenvalue weighted by Gasteiger charge is -2.09. The highest BCUT2D eigenvalue weighted by Gasteiger charge is 2.09. The third kappa shape index (κ3) is 6.68. The van der Waals surface area contributed by atoms with Crippen molar-refractivity contribution in [2.75, 3.05) is 18.8 Å². The van der Waals surface area contributed by atoms with Gasteiger partial charge in [-0.2, -0.15) is 0 Å². The quantitative estimate of drug-likeness (QED) is 0.677. The summed E-state index contributed by atoms with van der Waals surface area (Å²) in [5, 5.41) is 3.15. The predicted molar refractivity (Wildman–Crippen MR) is 72.9 cm³/mol. The standard InChI is InChI=1S/C12H21N3O2S/c1-11(2)13-8-9-15-18(16,17)10-6-12-5-3-4-7-14-12/h3-5,7,11,13,15H,6,8-10H2,1-2H3. The third-order valence-corrected chi connectivity index (χ3v) is 3.74. The van der Waals surface area contributed by atoms with E-state index in [1.807, 2.05) is 32.0 Å². The molecule has 0 radical (unpaired) electrons. The molecule has 0 saturated carbocycles. The molecule has 0 bridgehead atoms. The molecule has 0 atom stereocenters. The summed E-state index contributed by atoms with van der Waals surface area (Å²) in [6.45, 7) is 5.11. The molecule has 1 aromatic rings. The van der Waals surface area contributed by atoms with Gasteiger partial charge in [0.1, 0.15) is 0 Å². The molecule has 0 fully saturated rings. The van der Waals surface area contributed by atoms with E-state index in [1.165, 1.54) is 0 Å². The van der Waals surface area contributed by atoms with Crippen LogP contribution in [-0.4, -0.2) is 38.3 Å². The van der Waals surface area contributed by atoms with Crippen LogP contribution in [0.5, 0.6) is 0 Å². The predicted octanol–water partition coefficient (Wildman–Crippen LogP) is 0.542. The molecule has 18 heavy (non-hydrogen) atoms. The summed E-state index contributed by atoms with van der Waals surface area (Å²) in [5.74, 6) is 0.0751. The van der Waals surface area contributed by atoms with Crippen molar-refractivity contribution in [3.63, 3.8) is 0 Å². The van der Waals surface area contributed by atoms with E-state index in [-0.39, 0.29) is 5.75 Å². The number of nitrogens with zero attached hydrogens (tertiary/aromatic N) is 1. The Balaban J connectivity index is 2.28. The SMILES string of the molecule is CC(C)NCCNS(=O)(=O)CCc1ccccn1. The molecule has 1 aromatic heterocycles. The van der Waals surface area contributed by atoms with Gasteiger partial charge in [-0.1, -0.05) is 19.9 Å². The summed E-state index contributed by atoms with van der Waals surface area (Å²) in [7, 11) is -3.21. The maximum atomic E-state index is 11.7. The van der Waals surface area contributed by atoms with E-state index in [4.69, 9.17) is 0 Å². The Labute approximate surface area is 109 Å². The molecule has 0 aliphatic carbocycles. The van der Waals surface area contributed by atoms with Crippen LogP contribution in [0.2, 0.25) is 0 Å². The lowest BCUT2D eigenvalue weighted by atomic mass is 10.3. The van der Waals surface area contributed by atoms with Crippen molar-refractivity contribution in [2.24, 2.45) is 0 Å². The number of sulfonamides is 1. The first-order valence-corrected chi connectivity index (χ1v) is 7.75. The third-order valence-electron chi connectivity index (χ3n) is 2.35. The van der Waals surface area contributed by atoms with Crippen molar-refractivity contribution >= 4 is 10.0 Å². The second-order valence-electron chi connectivity index (χ2n) is 4.39. The van der Waals surface area contributed by atoms with Crippen molar-refractivity contribution in [3.05, 3.63) is 30.1 Å². The first kappa shape index (κ1) is 15.1. The van der Waals surface area contributed by atoms with Crippen molar-refractivity contribution in [1.29, 1.82) is 0 Å². The van der Waals surface area contributed by atoms with Crippen LogP contribution in [0, 0.1) is 0 Å². The van der Waals surface area contributed by atoms with Gasteiger partial charge in [0.25, 0.3) is 0 Å². The number of aryl methyl sites for hydroxylation is 1. The molecule has 0 saturated heterocycles. The molecule has 0 unspecified atom stereocenters. The van der Waals surface area contributed by atoms with Crippen LogP contribution in [0.1, 0.15) is 19.5 Å². The number of nitrogens with one attached hydrogen (secondary N) is 2. The Kier molecular flexibility index (Phi) is 6.24. The average molecular weight is 271 g/mol. The topological polar surface area (TPSA) is 71.1 Å². The fourth-order valence-electron chi connectivity index (χ4n) is 1.42. The van der Waals surface area contributed by atoms with E-state index >= 15 is 0 Å². The van der Waals surface area contributed by atoms with Gasteiger partial charge in [-0.25, -0.2) is 13.1 Å². The Morgan fingerprint density at radius 3 is 2.67 bits per heavy atom. The lowest BCUT2D eigenvalue weighted by molar-refractivity contribution is 0.559. The van der Waals surface area contributed by atoms with Crippen LogP contribution >= 0.6 is 0 Å². The molecule has 0 aliphatic rings. The molecule has 6 heteroatoms. The lowest BCUT2D eigenvalue weighted by Crippen LogP contribution is -2.36. The Morgan fingerprint density at radius 1 is 1.28 bits per heavy atom. The van der Waals surface area contributed by atoms with Crippen LogP contribution in [0.25, 0.3) is 0 Å². The normalized spacial score (nSPS) is 11.9. The molecular formula is C12H21N3O2S. The van der Waals surface area contributed by atoms with Crippen LogP contribution in [-0.2, 0) is 16.4 Å². The van der Waals surface area contributed by atoms with Gasteiger partial charge in [0.15, 0.2) is 0 Å². The summed E-state index contributed by atoms with van der Waals surface area (Å²) in [5.41, 5.74) is 0.795. The molecular weight excluding hydrogens is 250 g/mol. The zero-order valence-electron chi connectivity index (χ0n) is 10.9. The average Bonchev–Trinajstić information content (AvgIpc) is 2.34. The number of aromatic nitrogens is 1. The van der Waals surface area contributed by atoms with Gasteiger partial charge in [0.05, 0.1) is 5.75 Å². The molecule has 0 amide bonds. The molecule has 0 aromatic carbocycles. The van der Waals surface area contributed by atoms with Gasteiger partial charge in [-0.15, -0.1) is 0 Å². The number of hydrogen-bond donors (Lipinski definition) is 2. The zero-order valence-corrected chi connectivity index (χ0v) is 11.7. The van der Waals surface area contributed by atoms with E-state index in [2.05, 4.69) is 15.0 Å². The van der Waals surface area contributed by atoms with Crippen LogP contribution in [0.3, 0.4) is 0 Å². The highest BCUT2D eigenvalue weighted by atomic mass is 32.2. The fraction of sp³-hybridized carbons (Fsp3) is 0.583. The first-order chi connectivity index (χ1) is 8.49. The summed E-state index contributed by atoms with van der Waals surface area (Å²) >= 11 is 0. The fourth-order valence-corrected chi connectivity index (χ4v) is 2.46. The van der Waals surface area contributed by atoms with Gasteiger partial charge < -0.3 is 5.32 Å². The highest BCUT2D eigenvalue weighted by molar-refractivity contribution is 7.89. The summed E-state index contributed by atoms with van der Waals surface area (Å²) < 4.78 is 25.9. The molecule has 5 nitrogen and oxygen atoms in total. The first-order valence-electron chi connectivity index (χ1n) is 6.10. The summed E-state index contributed by atoms with van der Waals surface area (Å²) in [6, 6.07) is 5.86. The van der Waals surface area contributed by atoms with Gasteiger partial charge in [0.2, 0.25) is 10.0 Å². The summed E-state index contributed by atoms with van der Waals surface area (Å²) in [6.07, 6.45) is 2.11. The van der Waals surface area contributed by atoms with E-state index in [1.54, 1.807) is 6.20 Å². The van der Waals surface area contributed by atoms with E-state index in [0.29, 0.717) is 25.6 Å². The Morgan fingerprint density at radius 2 is 2.06 bits per heavy atom. The van der Waals surface area contributed by atoms with E-state index in [0.717, 1.165) is 5.69 Å². The van der Waals surface area contributed by atoms with Crippen LogP contribution in [0.4, 0.5) is 0 Å². The Hall–Kier alpha value is -0.980. The van der Waals surface area contributed by atoms with Crippen LogP contribution < -0.4 is 10.0 Å². The Bertz CT molecular complexity index is 432. The highest BCUT2D eigenvalue weighted by Crippen LogP contribution is 1.97. The van der Waals surface area contributed by atoms with Gasteiger partial charge >= 0.3 is 0 Å². The molecule has 2 N–H and O–H groups in total. The van der Waals surface area contributed by atoms with Crippen molar-refractivity contribution in [3.8, 4) is 0 Å².